The van der Waals surface area contributed by atoms with Gasteiger partial charge < -0.3 is 4.74 Å². The minimum atomic E-state index is -0.406. The summed E-state index contributed by atoms with van der Waals surface area (Å²) >= 11 is 5.88. The maximum Gasteiger partial charge on any atom is 0.410 e. The smallest absolute Gasteiger partial charge is 0.410 e. The molecule has 1 aliphatic heterocycles. The van der Waals surface area contributed by atoms with Gasteiger partial charge in [0.25, 0.3) is 0 Å². The highest BCUT2D eigenvalue weighted by Gasteiger charge is 2.34. The van der Waals surface area contributed by atoms with Crippen LogP contribution >= 0.6 is 11.6 Å². The molecule has 1 aliphatic rings. The molecule has 4 nitrogen and oxygen atoms in total. The Balaban J connectivity index is 1.52. The summed E-state index contributed by atoms with van der Waals surface area (Å²) in [6, 6.07) is 16.7. The van der Waals surface area contributed by atoms with Crippen LogP contribution in [0.15, 0.2) is 54.6 Å². The first-order valence-electron chi connectivity index (χ1n) is 8.88. The topological polar surface area (TPSA) is 46.6 Å². The highest BCUT2D eigenvalue weighted by molar-refractivity contribution is 6.30. The second kappa shape index (κ2) is 8.86. The van der Waals surface area contributed by atoms with Crippen molar-refractivity contribution in [3.63, 3.8) is 0 Å². The number of rotatable bonds is 6. The molecule has 1 fully saturated rings. The minimum absolute atomic E-state index is 0.0918. The Hall–Kier alpha value is -2.33. The molecule has 0 aromatic heterocycles. The average Bonchev–Trinajstić information content (AvgIpc) is 3.16. The van der Waals surface area contributed by atoms with Gasteiger partial charge in [0.15, 0.2) is 5.78 Å². The van der Waals surface area contributed by atoms with Crippen LogP contribution in [0.5, 0.6) is 0 Å². The molecule has 0 aliphatic carbocycles. The first-order valence-corrected chi connectivity index (χ1v) is 9.26. The Morgan fingerprint density at radius 3 is 2.50 bits per heavy atom. The van der Waals surface area contributed by atoms with Gasteiger partial charge in [-0.2, -0.15) is 0 Å². The molecule has 0 spiro atoms. The van der Waals surface area contributed by atoms with Gasteiger partial charge in [-0.25, -0.2) is 4.79 Å². The SMILES string of the molecule is O=C(CCc1ccc(Cl)cc1)[C@H]1CCCN1C(=O)OCc1ccccc1. The largest absolute Gasteiger partial charge is 0.445 e. The van der Waals surface area contributed by atoms with Gasteiger partial charge in [0.2, 0.25) is 0 Å². The third-order valence-corrected chi connectivity index (χ3v) is 4.89. The Bertz CT molecular complexity index is 746. The zero-order valence-electron chi connectivity index (χ0n) is 14.6. The number of likely N-dealkylation sites (tertiary alicyclic amines) is 1. The Labute approximate surface area is 158 Å². The number of hydrogen-bond acceptors (Lipinski definition) is 3. The van der Waals surface area contributed by atoms with Gasteiger partial charge in [-0.3, -0.25) is 9.69 Å². The number of amides is 1. The quantitative estimate of drug-likeness (QED) is 0.742. The van der Waals surface area contributed by atoms with Crippen molar-refractivity contribution in [1.82, 2.24) is 4.90 Å². The zero-order valence-corrected chi connectivity index (χ0v) is 15.3. The van der Waals surface area contributed by atoms with Crippen LogP contribution in [-0.2, 0) is 22.6 Å². The summed E-state index contributed by atoms with van der Waals surface area (Å²) < 4.78 is 5.39. The van der Waals surface area contributed by atoms with Crippen molar-refractivity contribution in [2.45, 2.75) is 38.3 Å². The maximum atomic E-state index is 12.6. The summed E-state index contributed by atoms with van der Waals surface area (Å²) in [6.45, 7) is 0.798. The molecule has 0 N–H and O–H groups in total. The lowest BCUT2D eigenvalue weighted by Gasteiger charge is -2.23. The maximum absolute atomic E-state index is 12.6. The van der Waals surface area contributed by atoms with Crippen LogP contribution in [-0.4, -0.2) is 29.4 Å². The van der Waals surface area contributed by atoms with Crippen LogP contribution < -0.4 is 0 Å². The van der Waals surface area contributed by atoms with Gasteiger partial charge in [-0.15, -0.1) is 0 Å². The lowest BCUT2D eigenvalue weighted by atomic mass is 10.0. The zero-order chi connectivity index (χ0) is 18.4. The molecule has 0 saturated carbocycles. The summed E-state index contributed by atoms with van der Waals surface area (Å²) in [6.07, 6.45) is 2.20. The van der Waals surface area contributed by atoms with E-state index in [1.165, 1.54) is 0 Å². The second-order valence-corrected chi connectivity index (χ2v) is 6.92. The summed E-state index contributed by atoms with van der Waals surface area (Å²) in [5.74, 6) is 0.0918. The molecule has 0 radical (unpaired) electrons. The first-order chi connectivity index (χ1) is 12.6. The van der Waals surface area contributed by atoms with Crippen molar-refractivity contribution in [1.29, 1.82) is 0 Å². The van der Waals surface area contributed by atoms with Crippen molar-refractivity contribution >= 4 is 23.5 Å². The summed E-state index contributed by atoms with van der Waals surface area (Å²) in [4.78, 5) is 26.6. The van der Waals surface area contributed by atoms with Gasteiger partial charge >= 0.3 is 6.09 Å². The molecule has 5 heteroatoms. The number of benzene rings is 2. The molecule has 1 saturated heterocycles. The standard InChI is InChI=1S/C21H22ClNO3/c22-18-11-8-16(9-12-18)10-13-20(24)19-7-4-14-23(19)21(25)26-15-17-5-2-1-3-6-17/h1-3,5-6,8-9,11-12,19H,4,7,10,13-15H2/t19-/m1/s1. The van der Waals surface area contributed by atoms with Crippen molar-refractivity contribution < 1.29 is 14.3 Å². The number of carbonyl (C=O) groups excluding carboxylic acids is 2. The van der Waals surface area contributed by atoms with E-state index in [1.54, 1.807) is 4.90 Å². The van der Waals surface area contributed by atoms with E-state index in [9.17, 15) is 9.59 Å². The molecule has 1 atom stereocenters. The fourth-order valence-corrected chi connectivity index (χ4v) is 3.33. The number of ether oxygens (including phenoxy) is 1. The Morgan fingerprint density at radius 1 is 1.04 bits per heavy atom. The van der Waals surface area contributed by atoms with Crippen LogP contribution in [0.2, 0.25) is 5.02 Å². The van der Waals surface area contributed by atoms with E-state index in [4.69, 9.17) is 16.3 Å². The van der Waals surface area contributed by atoms with Crippen molar-refractivity contribution in [3.05, 3.63) is 70.7 Å². The van der Waals surface area contributed by atoms with E-state index in [0.717, 1.165) is 17.5 Å². The number of nitrogens with zero attached hydrogens (tertiary/aromatic N) is 1. The number of Topliss-reactive ketones (excluding diaryl/α,β-unsaturated/α-hetero) is 1. The van der Waals surface area contributed by atoms with Crippen molar-refractivity contribution in [2.24, 2.45) is 0 Å². The predicted molar refractivity (Wildman–Crippen MR) is 101 cm³/mol. The van der Waals surface area contributed by atoms with Crippen molar-refractivity contribution in [2.75, 3.05) is 6.54 Å². The molecule has 2 aromatic rings. The van der Waals surface area contributed by atoms with Gasteiger partial charge in [0.05, 0.1) is 6.04 Å². The highest BCUT2D eigenvalue weighted by atomic mass is 35.5. The molecule has 1 amide bonds. The van der Waals surface area contributed by atoms with Crippen LogP contribution in [0.25, 0.3) is 0 Å². The summed E-state index contributed by atoms with van der Waals surface area (Å²) in [7, 11) is 0. The fourth-order valence-electron chi connectivity index (χ4n) is 3.21. The summed E-state index contributed by atoms with van der Waals surface area (Å²) in [5, 5.41) is 0.684. The van der Waals surface area contributed by atoms with Gasteiger partial charge in [-0.05, 0) is 42.5 Å². The molecule has 3 rings (SSSR count). The number of halogens is 1. The van der Waals surface area contributed by atoms with E-state index < -0.39 is 6.09 Å². The van der Waals surface area contributed by atoms with E-state index in [2.05, 4.69) is 0 Å². The number of hydrogen-bond donors (Lipinski definition) is 0. The number of ketones is 1. The molecule has 2 aromatic carbocycles. The normalized spacial score (nSPS) is 16.5. The Morgan fingerprint density at radius 2 is 1.77 bits per heavy atom. The minimum Gasteiger partial charge on any atom is -0.445 e. The summed E-state index contributed by atoms with van der Waals surface area (Å²) in [5.41, 5.74) is 2.00. The molecule has 1 heterocycles. The average molecular weight is 372 g/mol. The number of carbonyl (C=O) groups is 2. The van der Waals surface area contributed by atoms with E-state index >= 15 is 0 Å². The molecule has 0 bridgehead atoms. The fraction of sp³-hybridized carbons (Fsp3) is 0.333. The van der Waals surface area contributed by atoms with Gasteiger partial charge in [-0.1, -0.05) is 54.1 Å². The van der Waals surface area contributed by atoms with E-state index in [1.807, 2.05) is 54.6 Å². The van der Waals surface area contributed by atoms with Crippen LogP contribution in [0, 0.1) is 0 Å². The third-order valence-electron chi connectivity index (χ3n) is 4.64. The third kappa shape index (κ3) is 4.85. The van der Waals surface area contributed by atoms with E-state index in [-0.39, 0.29) is 18.4 Å². The van der Waals surface area contributed by atoms with Crippen LogP contribution in [0.1, 0.15) is 30.4 Å². The predicted octanol–water partition coefficient (Wildman–Crippen LogP) is 4.64. The molecule has 136 valence electrons. The molecule has 26 heavy (non-hydrogen) atoms. The monoisotopic (exact) mass is 371 g/mol. The number of aryl methyl sites for hydroxylation is 1. The van der Waals surface area contributed by atoms with E-state index in [0.29, 0.717) is 30.8 Å². The lowest BCUT2D eigenvalue weighted by molar-refractivity contribution is -0.123. The van der Waals surface area contributed by atoms with Gasteiger partial charge in [0, 0.05) is 18.0 Å². The highest BCUT2D eigenvalue weighted by Crippen LogP contribution is 2.22. The second-order valence-electron chi connectivity index (χ2n) is 6.48. The Kier molecular flexibility index (Phi) is 6.29. The van der Waals surface area contributed by atoms with Crippen molar-refractivity contribution in [3.8, 4) is 0 Å². The van der Waals surface area contributed by atoms with Crippen LogP contribution in [0.3, 0.4) is 0 Å². The lowest BCUT2D eigenvalue weighted by Crippen LogP contribution is -2.40. The molecular formula is C21H22ClNO3. The molecular weight excluding hydrogens is 350 g/mol. The first kappa shape index (κ1) is 18.5. The van der Waals surface area contributed by atoms with Gasteiger partial charge in [0.1, 0.15) is 6.61 Å². The van der Waals surface area contributed by atoms with Crippen LogP contribution in [0.4, 0.5) is 4.79 Å². The molecule has 0 unspecified atom stereocenters.